The summed E-state index contributed by atoms with van der Waals surface area (Å²) in [5.74, 6) is -0.744. The van der Waals surface area contributed by atoms with Gasteiger partial charge in [0.2, 0.25) is 6.79 Å². The van der Waals surface area contributed by atoms with Gasteiger partial charge in [-0.05, 0) is 35.4 Å². The molecule has 4 nitrogen and oxygen atoms in total. The van der Waals surface area contributed by atoms with E-state index >= 15 is 0 Å². The van der Waals surface area contributed by atoms with E-state index in [0.717, 1.165) is 15.4 Å². The van der Waals surface area contributed by atoms with Crippen molar-refractivity contribution in [2.75, 3.05) is 13.3 Å². The number of carbonyl (C=O) groups is 1. The van der Waals surface area contributed by atoms with Gasteiger partial charge in [-0.3, -0.25) is 4.79 Å². The molecule has 2 aromatic carbocycles. The van der Waals surface area contributed by atoms with Crippen LogP contribution in [0.15, 0.2) is 47.4 Å². The fourth-order valence-electron chi connectivity index (χ4n) is 3.10. The Labute approximate surface area is 151 Å². The fraction of sp³-hybridized carbons (Fsp3) is 0.278. The number of halogens is 3. The molecule has 0 saturated heterocycles. The highest BCUT2D eigenvalue weighted by molar-refractivity contribution is 7.99. The summed E-state index contributed by atoms with van der Waals surface area (Å²) in [4.78, 5) is 13.6. The van der Waals surface area contributed by atoms with Crippen LogP contribution in [-0.4, -0.2) is 30.3 Å². The Kier molecular flexibility index (Phi) is 4.22. The van der Waals surface area contributed by atoms with Crippen molar-refractivity contribution in [2.24, 2.45) is 0 Å². The van der Waals surface area contributed by atoms with Gasteiger partial charge in [-0.1, -0.05) is 18.2 Å². The Hall–Kier alpha value is -2.35. The smallest absolute Gasteiger partial charge is 0.454 e. The van der Waals surface area contributed by atoms with Crippen LogP contribution in [0.4, 0.5) is 13.2 Å². The van der Waals surface area contributed by atoms with Crippen molar-refractivity contribution >= 4 is 17.7 Å². The van der Waals surface area contributed by atoms with Crippen LogP contribution >= 0.6 is 11.8 Å². The summed E-state index contributed by atoms with van der Waals surface area (Å²) in [6, 6.07) is 12.9. The standard InChI is InChI=1S/C18H14F3NO3S/c19-18(20,21)17(23)22-8-11-6-14-15(25-10-24-14)7-13(11)16(9-22)26-12-4-2-1-3-5-12/h1-7,16H,8-10H2. The topological polar surface area (TPSA) is 38.8 Å². The largest absolute Gasteiger partial charge is 0.471 e. The predicted molar refractivity (Wildman–Crippen MR) is 89.1 cm³/mol. The quantitative estimate of drug-likeness (QED) is 0.783. The van der Waals surface area contributed by atoms with Crippen molar-refractivity contribution in [1.82, 2.24) is 4.90 Å². The maximum absolute atomic E-state index is 12.9. The summed E-state index contributed by atoms with van der Waals surface area (Å²) in [6.07, 6.45) is -4.89. The molecule has 1 unspecified atom stereocenters. The van der Waals surface area contributed by atoms with Crippen molar-refractivity contribution in [3.8, 4) is 11.5 Å². The molecule has 8 heteroatoms. The van der Waals surface area contributed by atoms with Gasteiger partial charge in [0.25, 0.3) is 0 Å². The van der Waals surface area contributed by atoms with Crippen LogP contribution in [0.1, 0.15) is 16.4 Å². The zero-order chi connectivity index (χ0) is 18.3. The van der Waals surface area contributed by atoms with E-state index in [0.29, 0.717) is 17.1 Å². The number of alkyl halides is 3. The second-order valence-electron chi connectivity index (χ2n) is 6.01. The van der Waals surface area contributed by atoms with Crippen LogP contribution in [0.5, 0.6) is 11.5 Å². The molecule has 0 spiro atoms. The summed E-state index contributed by atoms with van der Waals surface area (Å²) >= 11 is 1.43. The van der Waals surface area contributed by atoms with Gasteiger partial charge < -0.3 is 14.4 Å². The number of ether oxygens (including phenoxy) is 2. The molecule has 0 saturated carbocycles. The third-order valence-electron chi connectivity index (χ3n) is 4.28. The Morgan fingerprint density at radius 1 is 1.12 bits per heavy atom. The maximum Gasteiger partial charge on any atom is 0.471 e. The number of fused-ring (bicyclic) bond motifs is 2. The van der Waals surface area contributed by atoms with Gasteiger partial charge >= 0.3 is 12.1 Å². The predicted octanol–water partition coefficient (Wildman–Crippen LogP) is 4.15. The van der Waals surface area contributed by atoms with Crippen molar-refractivity contribution in [3.05, 3.63) is 53.6 Å². The Morgan fingerprint density at radius 3 is 2.50 bits per heavy atom. The second kappa shape index (κ2) is 6.42. The van der Waals surface area contributed by atoms with E-state index in [4.69, 9.17) is 9.47 Å². The molecule has 0 radical (unpaired) electrons. The molecule has 2 aliphatic rings. The molecule has 1 amide bonds. The normalized spacial score (nSPS) is 18.6. The fourth-order valence-corrected chi connectivity index (χ4v) is 4.35. The van der Waals surface area contributed by atoms with E-state index < -0.39 is 12.1 Å². The number of carbonyl (C=O) groups excluding carboxylic acids is 1. The van der Waals surface area contributed by atoms with Crippen LogP contribution < -0.4 is 9.47 Å². The van der Waals surface area contributed by atoms with Gasteiger partial charge in [-0.15, -0.1) is 11.8 Å². The van der Waals surface area contributed by atoms with Crippen LogP contribution in [0.25, 0.3) is 0 Å². The van der Waals surface area contributed by atoms with Crippen LogP contribution in [0, 0.1) is 0 Å². The number of hydrogen-bond acceptors (Lipinski definition) is 4. The van der Waals surface area contributed by atoms with Gasteiger partial charge in [-0.2, -0.15) is 13.2 Å². The average Bonchev–Trinajstić information content (AvgIpc) is 3.06. The Morgan fingerprint density at radius 2 is 1.81 bits per heavy atom. The van der Waals surface area contributed by atoms with Crippen LogP contribution in [0.2, 0.25) is 0 Å². The molecular formula is C18H14F3NO3S. The van der Waals surface area contributed by atoms with Gasteiger partial charge in [0.1, 0.15) is 0 Å². The summed E-state index contributed by atoms with van der Waals surface area (Å²) in [5.41, 5.74) is 1.51. The SMILES string of the molecule is O=C(N1Cc2cc3c(cc2C(Sc2ccccc2)C1)OCO3)C(F)(F)F. The molecule has 0 N–H and O–H groups in total. The van der Waals surface area contributed by atoms with E-state index in [9.17, 15) is 18.0 Å². The molecule has 4 rings (SSSR count). The zero-order valence-corrected chi connectivity index (χ0v) is 14.3. The number of hydrogen-bond donors (Lipinski definition) is 0. The lowest BCUT2D eigenvalue weighted by molar-refractivity contribution is -0.186. The summed E-state index contributed by atoms with van der Waals surface area (Å²) in [6.45, 7) is -0.0410. The van der Waals surface area contributed by atoms with E-state index in [2.05, 4.69) is 0 Å². The average molecular weight is 381 g/mol. The molecular weight excluding hydrogens is 367 g/mol. The molecule has 2 heterocycles. The summed E-state index contributed by atoms with van der Waals surface area (Å²) in [7, 11) is 0. The molecule has 2 aliphatic heterocycles. The highest BCUT2D eigenvalue weighted by atomic mass is 32.2. The third kappa shape index (κ3) is 3.21. The van der Waals surface area contributed by atoms with Crippen molar-refractivity contribution < 1.29 is 27.4 Å². The molecule has 0 aliphatic carbocycles. The van der Waals surface area contributed by atoms with Gasteiger partial charge in [-0.25, -0.2) is 0 Å². The first-order valence-electron chi connectivity index (χ1n) is 7.92. The minimum atomic E-state index is -4.89. The van der Waals surface area contributed by atoms with E-state index in [1.807, 2.05) is 36.4 Å². The van der Waals surface area contributed by atoms with E-state index in [1.54, 1.807) is 6.07 Å². The molecule has 0 fully saturated rings. The highest BCUT2D eigenvalue weighted by Gasteiger charge is 2.45. The van der Waals surface area contributed by atoms with Crippen molar-refractivity contribution in [2.45, 2.75) is 22.9 Å². The minimum Gasteiger partial charge on any atom is -0.454 e. The lowest BCUT2D eigenvalue weighted by Gasteiger charge is -2.34. The molecule has 1 atom stereocenters. The number of amides is 1. The first-order chi connectivity index (χ1) is 12.4. The molecule has 26 heavy (non-hydrogen) atoms. The van der Waals surface area contributed by atoms with Crippen LogP contribution in [0.3, 0.4) is 0 Å². The second-order valence-corrected chi connectivity index (χ2v) is 7.28. The highest BCUT2D eigenvalue weighted by Crippen LogP contribution is 2.46. The lowest BCUT2D eigenvalue weighted by atomic mass is 9.98. The Bertz CT molecular complexity index is 842. The van der Waals surface area contributed by atoms with Gasteiger partial charge in [0.15, 0.2) is 11.5 Å². The first kappa shape index (κ1) is 17.1. The van der Waals surface area contributed by atoms with Crippen LogP contribution in [-0.2, 0) is 11.3 Å². The number of thioether (sulfide) groups is 1. The van der Waals surface area contributed by atoms with E-state index in [1.165, 1.54) is 11.8 Å². The molecule has 2 aromatic rings. The molecule has 136 valence electrons. The number of rotatable bonds is 2. The number of benzene rings is 2. The van der Waals surface area contributed by atoms with Crippen molar-refractivity contribution in [1.29, 1.82) is 0 Å². The minimum absolute atomic E-state index is 0.0233. The maximum atomic E-state index is 12.9. The van der Waals surface area contributed by atoms with Crippen molar-refractivity contribution in [3.63, 3.8) is 0 Å². The number of nitrogens with zero attached hydrogens (tertiary/aromatic N) is 1. The third-order valence-corrected chi connectivity index (χ3v) is 5.51. The zero-order valence-electron chi connectivity index (χ0n) is 13.5. The summed E-state index contributed by atoms with van der Waals surface area (Å²) in [5, 5.41) is -0.332. The Balaban J connectivity index is 1.71. The summed E-state index contributed by atoms with van der Waals surface area (Å²) < 4.78 is 49.5. The van der Waals surface area contributed by atoms with Gasteiger partial charge in [0, 0.05) is 18.0 Å². The molecule has 0 bridgehead atoms. The van der Waals surface area contributed by atoms with E-state index in [-0.39, 0.29) is 25.1 Å². The lowest BCUT2D eigenvalue weighted by Crippen LogP contribution is -2.44. The molecule has 0 aromatic heterocycles. The van der Waals surface area contributed by atoms with Gasteiger partial charge in [0.05, 0.1) is 5.25 Å². The monoisotopic (exact) mass is 381 g/mol. The first-order valence-corrected chi connectivity index (χ1v) is 8.80.